The summed E-state index contributed by atoms with van der Waals surface area (Å²) in [5, 5.41) is 14.0. The third-order valence-corrected chi connectivity index (χ3v) is 4.11. The average molecular weight is 286 g/mol. The molecule has 5 nitrogen and oxygen atoms in total. The number of pyridine rings is 1. The van der Waals surface area contributed by atoms with Crippen LogP contribution in [0.5, 0.6) is 0 Å². The molecule has 0 spiro atoms. The molecule has 0 bridgehead atoms. The molecule has 110 valence electrons. The van der Waals surface area contributed by atoms with Crippen molar-refractivity contribution in [3.8, 4) is 0 Å². The molecular formula is C16H18N2O3. The van der Waals surface area contributed by atoms with Gasteiger partial charge in [-0.25, -0.2) is 0 Å². The number of nitrogens with one attached hydrogen (secondary N) is 1. The predicted molar refractivity (Wildman–Crippen MR) is 79.1 cm³/mol. The molecule has 1 aromatic heterocycles. The van der Waals surface area contributed by atoms with E-state index in [1.54, 1.807) is 12.3 Å². The van der Waals surface area contributed by atoms with Crippen LogP contribution in [0.15, 0.2) is 36.5 Å². The lowest BCUT2D eigenvalue weighted by molar-refractivity contribution is -0.0251. The lowest BCUT2D eigenvalue weighted by Crippen LogP contribution is -2.47. The lowest BCUT2D eigenvalue weighted by atomic mass is 9.96. The van der Waals surface area contributed by atoms with Crippen LogP contribution in [0, 0.1) is 0 Å². The predicted octanol–water partition coefficient (Wildman–Crippen LogP) is 1.50. The maximum atomic E-state index is 12.4. The topological polar surface area (TPSA) is 71.5 Å². The first-order chi connectivity index (χ1) is 10.1. The Hall–Kier alpha value is -1.98. The monoisotopic (exact) mass is 286 g/mol. The van der Waals surface area contributed by atoms with E-state index in [2.05, 4.69) is 10.3 Å². The number of para-hydroxylation sites is 1. The number of carbonyl (C=O) groups is 1. The fraction of sp³-hybridized carbons (Fsp3) is 0.375. The highest BCUT2D eigenvalue weighted by molar-refractivity contribution is 6.05. The lowest BCUT2D eigenvalue weighted by Gasteiger charge is -2.26. The van der Waals surface area contributed by atoms with Crippen LogP contribution in [0.1, 0.15) is 23.7 Å². The second-order valence-corrected chi connectivity index (χ2v) is 5.42. The number of carbonyl (C=O) groups excluding carboxylic acids is 1. The first-order valence-corrected chi connectivity index (χ1v) is 7.06. The molecule has 1 aromatic carbocycles. The van der Waals surface area contributed by atoms with Gasteiger partial charge in [-0.1, -0.05) is 18.2 Å². The number of hydrogen-bond donors (Lipinski definition) is 2. The molecule has 1 amide bonds. The molecule has 1 aliphatic rings. The standard InChI is InChI=1S/C16H18N2O3/c1-11-16(20,7-9-21-11)10-18-15(19)13-6-8-17-14-5-3-2-4-12(13)14/h2-6,8,11,20H,7,9-10H2,1H3,(H,18,19). The van der Waals surface area contributed by atoms with Crippen molar-refractivity contribution in [2.45, 2.75) is 25.0 Å². The van der Waals surface area contributed by atoms with Crippen molar-refractivity contribution in [2.24, 2.45) is 0 Å². The molecule has 2 N–H and O–H groups in total. The van der Waals surface area contributed by atoms with E-state index < -0.39 is 5.60 Å². The molecule has 2 heterocycles. The second-order valence-electron chi connectivity index (χ2n) is 5.42. The Balaban J connectivity index is 1.79. The smallest absolute Gasteiger partial charge is 0.252 e. The van der Waals surface area contributed by atoms with Crippen molar-refractivity contribution >= 4 is 16.8 Å². The number of aliphatic hydroxyl groups is 1. The minimum absolute atomic E-state index is 0.184. The third kappa shape index (κ3) is 2.62. The van der Waals surface area contributed by atoms with Gasteiger partial charge in [-0.3, -0.25) is 9.78 Å². The number of amides is 1. The van der Waals surface area contributed by atoms with Gasteiger partial charge in [0, 0.05) is 31.2 Å². The van der Waals surface area contributed by atoms with Crippen molar-refractivity contribution in [1.29, 1.82) is 0 Å². The van der Waals surface area contributed by atoms with Gasteiger partial charge in [0.25, 0.3) is 5.91 Å². The van der Waals surface area contributed by atoms with Crippen LogP contribution in [0.4, 0.5) is 0 Å². The van der Waals surface area contributed by atoms with Gasteiger partial charge < -0.3 is 15.2 Å². The van der Waals surface area contributed by atoms with E-state index in [0.717, 1.165) is 10.9 Å². The van der Waals surface area contributed by atoms with E-state index in [4.69, 9.17) is 4.74 Å². The highest BCUT2D eigenvalue weighted by Crippen LogP contribution is 2.25. The van der Waals surface area contributed by atoms with E-state index >= 15 is 0 Å². The SMILES string of the molecule is CC1OCCC1(O)CNC(=O)c1ccnc2ccccc12. The van der Waals surface area contributed by atoms with E-state index in [-0.39, 0.29) is 18.6 Å². The minimum Gasteiger partial charge on any atom is -0.385 e. The Bertz CT molecular complexity index is 668. The van der Waals surface area contributed by atoms with Crippen molar-refractivity contribution in [1.82, 2.24) is 10.3 Å². The minimum atomic E-state index is -0.988. The summed E-state index contributed by atoms with van der Waals surface area (Å²) >= 11 is 0. The van der Waals surface area contributed by atoms with Crippen LogP contribution in [0.25, 0.3) is 10.9 Å². The van der Waals surface area contributed by atoms with E-state index in [0.29, 0.717) is 18.6 Å². The zero-order chi connectivity index (χ0) is 14.9. The fourth-order valence-electron chi connectivity index (χ4n) is 2.63. The molecule has 1 aliphatic heterocycles. The summed E-state index contributed by atoms with van der Waals surface area (Å²) in [6.45, 7) is 2.52. The number of rotatable bonds is 3. The van der Waals surface area contributed by atoms with Crippen molar-refractivity contribution < 1.29 is 14.6 Å². The van der Waals surface area contributed by atoms with E-state index in [1.165, 1.54) is 0 Å². The molecule has 5 heteroatoms. The Kier molecular flexibility index (Phi) is 3.61. The fourth-order valence-corrected chi connectivity index (χ4v) is 2.63. The summed E-state index contributed by atoms with van der Waals surface area (Å²) in [4.78, 5) is 16.6. The number of benzene rings is 1. The number of ether oxygens (including phenoxy) is 1. The van der Waals surface area contributed by atoms with Crippen molar-refractivity contribution in [2.75, 3.05) is 13.2 Å². The van der Waals surface area contributed by atoms with Gasteiger partial charge in [-0.15, -0.1) is 0 Å². The summed E-state index contributed by atoms with van der Waals surface area (Å²) < 4.78 is 5.37. The second kappa shape index (κ2) is 5.42. The van der Waals surface area contributed by atoms with Gasteiger partial charge in [-0.2, -0.15) is 0 Å². The molecule has 21 heavy (non-hydrogen) atoms. The summed E-state index contributed by atoms with van der Waals surface area (Å²) in [5.41, 5.74) is 0.357. The highest BCUT2D eigenvalue weighted by Gasteiger charge is 2.39. The molecule has 0 saturated carbocycles. The molecule has 0 radical (unpaired) electrons. The van der Waals surface area contributed by atoms with Crippen molar-refractivity contribution in [3.63, 3.8) is 0 Å². The molecule has 1 saturated heterocycles. The van der Waals surface area contributed by atoms with Crippen LogP contribution in [-0.2, 0) is 4.74 Å². The summed E-state index contributed by atoms with van der Waals surface area (Å²) in [6.07, 6.45) is 1.88. The zero-order valence-electron chi connectivity index (χ0n) is 11.9. The van der Waals surface area contributed by atoms with Gasteiger partial charge in [-0.05, 0) is 19.1 Å². The molecule has 2 aromatic rings. The maximum Gasteiger partial charge on any atom is 0.252 e. The van der Waals surface area contributed by atoms with Gasteiger partial charge in [0.2, 0.25) is 0 Å². The average Bonchev–Trinajstić information content (AvgIpc) is 2.84. The van der Waals surface area contributed by atoms with Crippen LogP contribution in [0.3, 0.4) is 0 Å². The van der Waals surface area contributed by atoms with Gasteiger partial charge in [0.15, 0.2) is 0 Å². The summed E-state index contributed by atoms with van der Waals surface area (Å²) in [7, 11) is 0. The van der Waals surface area contributed by atoms with Gasteiger partial charge in [0.05, 0.1) is 17.2 Å². The normalized spacial score (nSPS) is 25.1. The van der Waals surface area contributed by atoms with Crippen LogP contribution in [0.2, 0.25) is 0 Å². The molecule has 2 unspecified atom stereocenters. The molecule has 0 aliphatic carbocycles. The molecule has 2 atom stereocenters. The summed E-state index contributed by atoms with van der Waals surface area (Å²) in [5.74, 6) is -0.207. The summed E-state index contributed by atoms with van der Waals surface area (Å²) in [6, 6.07) is 9.19. The van der Waals surface area contributed by atoms with E-state index in [1.807, 2.05) is 31.2 Å². The van der Waals surface area contributed by atoms with E-state index in [9.17, 15) is 9.90 Å². The van der Waals surface area contributed by atoms with Gasteiger partial charge >= 0.3 is 0 Å². The Morgan fingerprint density at radius 3 is 3.05 bits per heavy atom. The Morgan fingerprint density at radius 2 is 2.29 bits per heavy atom. The quantitative estimate of drug-likeness (QED) is 0.897. The number of hydrogen-bond acceptors (Lipinski definition) is 4. The maximum absolute atomic E-state index is 12.4. The Morgan fingerprint density at radius 1 is 1.48 bits per heavy atom. The molecular weight excluding hydrogens is 268 g/mol. The molecule has 3 rings (SSSR count). The van der Waals surface area contributed by atoms with Gasteiger partial charge in [0.1, 0.15) is 5.60 Å². The highest BCUT2D eigenvalue weighted by atomic mass is 16.5. The third-order valence-electron chi connectivity index (χ3n) is 4.11. The van der Waals surface area contributed by atoms with Crippen LogP contribution < -0.4 is 5.32 Å². The van der Waals surface area contributed by atoms with Crippen LogP contribution >= 0.6 is 0 Å². The Labute approximate surface area is 123 Å². The number of nitrogens with zero attached hydrogens (tertiary/aromatic N) is 1. The molecule has 1 fully saturated rings. The first-order valence-electron chi connectivity index (χ1n) is 7.06. The van der Waals surface area contributed by atoms with Crippen LogP contribution in [-0.4, -0.2) is 40.9 Å². The number of fused-ring (bicyclic) bond motifs is 1. The largest absolute Gasteiger partial charge is 0.385 e. The zero-order valence-corrected chi connectivity index (χ0v) is 11.9. The first kappa shape index (κ1) is 14.0. The number of aromatic nitrogens is 1. The van der Waals surface area contributed by atoms with Crippen molar-refractivity contribution in [3.05, 3.63) is 42.1 Å².